The Morgan fingerprint density at radius 2 is 1.28 bits per heavy atom. The minimum Gasteiger partial charge on any atom is -0.410 e. The normalized spacial score (nSPS) is 10.3. The van der Waals surface area contributed by atoms with E-state index >= 15 is 0 Å². The van der Waals surface area contributed by atoms with Gasteiger partial charge < -0.3 is 41.4 Å². The second-order valence-electron chi connectivity index (χ2n) is 7.71. The van der Waals surface area contributed by atoms with Gasteiger partial charge in [0.25, 0.3) is 0 Å². The zero-order valence-corrected chi connectivity index (χ0v) is 22.9. The lowest BCUT2D eigenvalue weighted by atomic mass is 10.3. The van der Waals surface area contributed by atoms with Gasteiger partial charge in [0, 0.05) is 25.1 Å². The van der Waals surface area contributed by atoms with Gasteiger partial charge in [-0.1, -0.05) is 0 Å². The van der Waals surface area contributed by atoms with Crippen molar-refractivity contribution in [1.82, 2.24) is 34.9 Å². The number of H-pyrrole nitrogens is 2. The molecule has 0 aliphatic rings. The lowest BCUT2D eigenvalue weighted by molar-refractivity contribution is -0.271. The number of nitrogens with one attached hydrogen (secondary N) is 2. The molecule has 5 aromatic heterocycles. The van der Waals surface area contributed by atoms with Crippen LogP contribution >= 0.6 is 0 Å². The van der Waals surface area contributed by atoms with Crippen LogP contribution in [0.3, 0.4) is 0 Å². The number of hydrogen-bond donors (Lipinski definition) is 5. The third-order valence-electron chi connectivity index (χ3n) is 4.62. The summed E-state index contributed by atoms with van der Waals surface area (Å²) in [7, 11) is 0. The number of carbonyl (C=O) groups is 1. The van der Waals surface area contributed by atoms with Gasteiger partial charge in [0.2, 0.25) is 29.7 Å². The van der Waals surface area contributed by atoms with Gasteiger partial charge in [-0.25, -0.2) is 15.0 Å². The number of ether oxygens (including phenoxy) is 3. The summed E-state index contributed by atoms with van der Waals surface area (Å²) in [6, 6.07) is 3.20. The Labute approximate surface area is 239 Å². The molecule has 5 aromatic rings. The Hall–Kier alpha value is -5.17. The summed E-state index contributed by atoms with van der Waals surface area (Å²) in [4.78, 5) is 32.3. The summed E-state index contributed by atoms with van der Waals surface area (Å²) in [6.45, 7) is 4.98. The first-order valence-corrected chi connectivity index (χ1v) is 12.0. The number of carbonyl (C=O) groups excluding carboxylic acids is 1. The van der Waals surface area contributed by atoms with E-state index in [1.54, 1.807) is 13.8 Å². The molecule has 0 bridgehead atoms. The number of fused-ring (bicyclic) bond motifs is 2. The van der Waals surface area contributed by atoms with Gasteiger partial charge in [0.1, 0.15) is 16.7 Å². The second kappa shape index (κ2) is 16.3. The Kier molecular flexibility index (Phi) is 12.9. The zero-order valence-electron chi connectivity index (χ0n) is 22.9. The number of halogens is 5. The smallest absolute Gasteiger partial charge is 0.318 e. The standard InChI is InChI=1S/C7H14O4.C6H3F2N3.C6H5FN4.C5H5F2N3/c1-4-9-7(10-5-2)11-6(3)8;2*7-4-1-3-5(6(8)11-4)10-2-9-3;6-3-1-2(8)4(9)5(7)10-3/h7H,4-5H2,1-3H3;1-2H,(H,9,10);1-2H,(H2,8,11)(H,9,10);1H,9H2,(H2,8,10). The molecule has 8 N–H and O–H groups in total. The molecule has 0 fully saturated rings. The average Bonchev–Trinajstić information content (AvgIpc) is 3.58. The number of anilines is 3. The van der Waals surface area contributed by atoms with Crippen LogP contribution in [0.4, 0.5) is 39.1 Å². The topological polar surface area (TPSA) is 219 Å². The number of nitrogen functional groups attached to an aromatic ring is 3. The van der Waals surface area contributed by atoms with Gasteiger partial charge in [-0.05, 0) is 13.8 Å². The van der Waals surface area contributed by atoms with E-state index in [1.807, 2.05) is 0 Å². The number of hydrogen-bond acceptors (Lipinski definition) is 12. The lowest BCUT2D eigenvalue weighted by Crippen LogP contribution is -2.23. The van der Waals surface area contributed by atoms with Crippen molar-refractivity contribution >= 4 is 45.2 Å². The van der Waals surface area contributed by atoms with Crippen LogP contribution in [-0.2, 0) is 19.0 Å². The zero-order chi connectivity index (χ0) is 32.1. The van der Waals surface area contributed by atoms with E-state index in [0.717, 1.165) is 12.1 Å². The van der Waals surface area contributed by atoms with Gasteiger partial charge in [0.15, 0.2) is 5.82 Å². The van der Waals surface area contributed by atoms with Crippen LogP contribution in [0.1, 0.15) is 20.8 Å². The quantitative estimate of drug-likeness (QED) is 0.0833. The highest BCUT2D eigenvalue weighted by Gasteiger charge is 2.10. The minimum absolute atomic E-state index is 0.0615. The van der Waals surface area contributed by atoms with Crippen LogP contribution in [0, 0.1) is 29.7 Å². The number of imidazole rings is 2. The third-order valence-corrected chi connectivity index (χ3v) is 4.62. The highest BCUT2D eigenvalue weighted by Crippen LogP contribution is 2.17. The fraction of sp³-hybridized carbons (Fsp3) is 0.250. The number of aromatic amines is 2. The van der Waals surface area contributed by atoms with E-state index in [0.29, 0.717) is 29.8 Å². The van der Waals surface area contributed by atoms with Gasteiger partial charge in [0.05, 0.1) is 42.6 Å². The maximum atomic E-state index is 12.6. The summed E-state index contributed by atoms with van der Waals surface area (Å²) < 4.78 is 76.5. The molecule has 19 heteroatoms. The van der Waals surface area contributed by atoms with Crippen molar-refractivity contribution in [2.45, 2.75) is 27.2 Å². The van der Waals surface area contributed by atoms with Gasteiger partial charge in [-0.3, -0.25) is 4.79 Å². The summed E-state index contributed by atoms with van der Waals surface area (Å²) in [5.74, 6) is -4.67. The fourth-order valence-electron chi connectivity index (χ4n) is 2.85. The van der Waals surface area contributed by atoms with Crippen molar-refractivity contribution in [3.05, 3.63) is 60.6 Å². The summed E-state index contributed by atoms with van der Waals surface area (Å²) in [5.41, 5.74) is 16.5. The SMILES string of the molecule is CCOC(OCC)OC(C)=O.Fc1cc2[nH]cnc2c(F)n1.Nc1cc(F)nc(F)c1N.Nc1nc(F)cc2[nH]cnc12. The Morgan fingerprint density at radius 1 is 0.791 bits per heavy atom. The van der Waals surface area contributed by atoms with Gasteiger partial charge in [-0.2, -0.15) is 31.9 Å². The molecular weight excluding hydrogens is 587 g/mol. The monoisotopic (exact) mass is 614 g/mol. The Balaban J connectivity index is 0.000000200. The molecule has 5 rings (SSSR count). The van der Waals surface area contributed by atoms with Crippen LogP contribution in [0.25, 0.3) is 22.1 Å². The largest absolute Gasteiger partial charge is 0.410 e. The lowest BCUT2D eigenvalue weighted by Gasteiger charge is -2.15. The van der Waals surface area contributed by atoms with Crippen LogP contribution in [-0.4, -0.2) is 60.5 Å². The van der Waals surface area contributed by atoms with Crippen molar-refractivity contribution < 1.29 is 41.0 Å². The molecule has 0 spiro atoms. The van der Waals surface area contributed by atoms with Crippen molar-refractivity contribution in [2.75, 3.05) is 30.4 Å². The fourth-order valence-corrected chi connectivity index (χ4v) is 2.85. The van der Waals surface area contributed by atoms with Gasteiger partial charge >= 0.3 is 12.4 Å². The Bertz CT molecular complexity index is 1530. The molecule has 0 saturated heterocycles. The highest BCUT2D eigenvalue weighted by atomic mass is 19.2. The second-order valence-corrected chi connectivity index (χ2v) is 7.71. The van der Waals surface area contributed by atoms with Crippen molar-refractivity contribution in [3.63, 3.8) is 0 Å². The number of rotatable bonds is 5. The Morgan fingerprint density at radius 3 is 1.81 bits per heavy atom. The molecule has 0 amide bonds. The maximum absolute atomic E-state index is 12.6. The number of nitrogens with zero attached hydrogens (tertiary/aromatic N) is 5. The maximum Gasteiger partial charge on any atom is 0.318 e. The predicted molar refractivity (Wildman–Crippen MR) is 144 cm³/mol. The number of nitrogens with two attached hydrogens (primary N) is 3. The van der Waals surface area contributed by atoms with E-state index < -0.39 is 42.2 Å². The molecule has 0 saturated carbocycles. The molecule has 5 heterocycles. The van der Waals surface area contributed by atoms with Crippen LogP contribution < -0.4 is 17.2 Å². The summed E-state index contributed by atoms with van der Waals surface area (Å²) >= 11 is 0. The summed E-state index contributed by atoms with van der Waals surface area (Å²) in [6.07, 6.45) is 2.73. The third kappa shape index (κ3) is 10.6. The van der Waals surface area contributed by atoms with E-state index in [2.05, 4.69) is 39.6 Å². The van der Waals surface area contributed by atoms with E-state index in [9.17, 15) is 26.7 Å². The average molecular weight is 615 g/mol. The number of esters is 1. The van der Waals surface area contributed by atoms with Crippen molar-refractivity contribution in [2.24, 2.45) is 0 Å². The molecule has 0 unspecified atom stereocenters. The van der Waals surface area contributed by atoms with Crippen LogP contribution in [0.2, 0.25) is 0 Å². The first-order chi connectivity index (χ1) is 20.4. The molecule has 0 radical (unpaired) electrons. The minimum atomic E-state index is -1.07. The van der Waals surface area contributed by atoms with Crippen molar-refractivity contribution in [1.29, 1.82) is 0 Å². The number of aromatic nitrogens is 7. The van der Waals surface area contributed by atoms with E-state index in [-0.39, 0.29) is 22.7 Å². The molecule has 43 heavy (non-hydrogen) atoms. The molecule has 14 nitrogen and oxygen atoms in total. The van der Waals surface area contributed by atoms with Crippen LogP contribution in [0.15, 0.2) is 30.9 Å². The molecule has 0 aliphatic heterocycles. The van der Waals surface area contributed by atoms with Crippen molar-refractivity contribution in [3.8, 4) is 0 Å². The highest BCUT2D eigenvalue weighted by molar-refractivity contribution is 5.83. The number of pyridine rings is 3. The van der Waals surface area contributed by atoms with Crippen LogP contribution in [0.5, 0.6) is 0 Å². The molecular formula is C24H27F5N10O4. The molecule has 0 aliphatic carbocycles. The van der Waals surface area contributed by atoms with Gasteiger partial charge in [-0.15, -0.1) is 0 Å². The molecule has 232 valence electrons. The molecule has 0 atom stereocenters. The van der Waals surface area contributed by atoms with E-state index in [4.69, 9.17) is 26.7 Å². The first-order valence-electron chi connectivity index (χ1n) is 12.0. The predicted octanol–water partition coefficient (Wildman–Crippen LogP) is 3.35. The summed E-state index contributed by atoms with van der Waals surface area (Å²) in [5, 5.41) is 0. The van der Waals surface area contributed by atoms with E-state index in [1.165, 1.54) is 25.6 Å². The first kappa shape index (κ1) is 34.0. The molecule has 0 aromatic carbocycles.